The van der Waals surface area contributed by atoms with Gasteiger partial charge in [-0.25, -0.2) is 4.98 Å². The molecular formula is C23H27N3O3. The van der Waals surface area contributed by atoms with Gasteiger partial charge in [-0.3, -0.25) is 4.79 Å². The van der Waals surface area contributed by atoms with Crippen LogP contribution in [0.3, 0.4) is 0 Å². The first-order valence-corrected chi connectivity index (χ1v) is 10.2. The van der Waals surface area contributed by atoms with E-state index in [1.54, 1.807) is 4.90 Å². The number of aliphatic hydroxyl groups excluding tert-OH is 1. The lowest BCUT2D eigenvalue weighted by Gasteiger charge is -2.41. The van der Waals surface area contributed by atoms with Crippen molar-refractivity contribution in [3.05, 3.63) is 66.1 Å². The predicted molar refractivity (Wildman–Crippen MR) is 111 cm³/mol. The molecule has 3 heterocycles. The first-order chi connectivity index (χ1) is 14.0. The zero-order valence-electron chi connectivity index (χ0n) is 16.9. The summed E-state index contributed by atoms with van der Waals surface area (Å²) >= 11 is 0. The van der Waals surface area contributed by atoms with Crippen LogP contribution in [-0.2, 0) is 10.2 Å². The fourth-order valence-electron chi connectivity index (χ4n) is 4.31. The molecule has 29 heavy (non-hydrogen) atoms. The fourth-order valence-corrected chi connectivity index (χ4v) is 4.31. The van der Waals surface area contributed by atoms with Crippen molar-refractivity contribution in [2.75, 3.05) is 19.7 Å². The summed E-state index contributed by atoms with van der Waals surface area (Å²) in [6, 6.07) is 14.3. The Kier molecular flexibility index (Phi) is 5.28. The topological polar surface area (TPSA) is 67.1 Å². The molecule has 0 saturated carbocycles. The molecular weight excluding hydrogens is 366 g/mol. The van der Waals surface area contributed by atoms with Crippen molar-refractivity contribution < 1.29 is 14.6 Å². The number of rotatable bonds is 5. The van der Waals surface area contributed by atoms with Crippen LogP contribution in [0.15, 0.2) is 54.9 Å². The van der Waals surface area contributed by atoms with Gasteiger partial charge in [-0.15, -0.1) is 0 Å². The number of piperidine rings is 1. The summed E-state index contributed by atoms with van der Waals surface area (Å²) in [6.07, 6.45) is 4.60. The van der Waals surface area contributed by atoms with E-state index in [1.807, 2.05) is 47.9 Å². The molecule has 6 nitrogen and oxygen atoms in total. The SMILES string of the molecule is CCOc1cccn2cc(C3(c4ccccc4)CCN(C(=O)C(C)O)CC3)nc12. The molecule has 1 saturated heterocycles. The van der Waals surface area contributed by atoms with Gasteiger partial charge in [0, 0.05) is 30.9 Å². The highest BCUT2D eigenvalue weighted by atomic mass is 16.5. The van der Waals surface area contributed by atoms with E-state index < -0.39 is 6.10 Å². The number of benzene rings is 1. The molecule has 1 amide bonds. The molecule has 1 unspecified atom stereocenters. The normalized spacial score (nSPS) is 17.3. The minimum absolute atomic E-state index is 0.208. The van der Waals surface area contributed by atoms with E-state index in [1.165, 1.54) is 12.5 Å². The second-order valence-electron chi connectivity index (χ2n) is 7.61. The number of aromatic nitrogens is 2. The van der Waals surface area contributed by atoms with Crippen molar-refractivity contribution in [1.29, 1.82) is 0 Å². The van der Waals surface area contributed by atoms with Crippen LogP contribution in [-0.4, -0.2) is 51.1 Å². The van der Waals surface area contributed by atoms with Crippen LogP contribution in [0.1, 0.15) is 37.9 Å². The van der Waals surface area contributed by atoms with Crippen molar-refractivity contribution in [1.82, 2.24) is 14.3 Å². The van der Waals surface area contributed by atoms with E-state index in [0.717, 1.165) is 29.9 Å². The maximum Gasteiger partial charge on any atom is 0.251 e. The number of aliphatic hydroxyl groups is 1. The van der Waals surface area contributed by atoms with Gasteiger partial charge in [0.05, 0.1) is 12.3 Å². The molecule has 3 aromatic rings. The maximum absolute atomic E-state index is 12.3. The Morgan fingerprint density at radius 3 is 2.59 bits per heavy atom. The van der Waals surface area contributed by atoms with Gasteiger partial charge in [-0.05, 0) is 44.4 Å². The average molecular weight is 393 g/mol. The molecule has 0 radical (unpaired) electrons. The molecule has 1 aromatic carbocycles. The molecule has 1 atom stereocenters. The second-order valence-corrected chi connectivity index (χ2v) is 7.61. The van der Waals surface area contributed by atoms with E-state index >= 15 is 0 Å². The molecule has 1 aliphatic rings. The minimum atomic E-state index is -0.969. The van der Waals surface area contributed by atoms with E-state index in [9.17, 15) is 9.90 Å². The highest BCUT2D eigenvalue weighted by Gasteiger charge is 2.41. The van der Waals surface area contributed by atoms with Crippen LogP contribution in [0.5, 0.6) is 5.75 Å². The summed E-state index contributed by atoms with van der Waals surface area (Å²) in [4.78, 5) is 19.0. The quantitative estimate of drug-likeness (QED) is 0.724. The van der Waals surface area contributed by atoms with Crippen molar-refractivity contribution >= 4 is 11.6 Å². The zero-order chi connectivity index (χ0) is 20.4. The number of nitrogens with zero attached hydrogens (tertiary/aromatic N) is 3. The van der Waals surface area contributed by atoms with E-state index in [0.29, 0.717) is 19.7 Å². The molecule has 1 N–H and O–H groups in total. The Morgan fingerprint density at radius 2 is 1.93 bits per heavy atom. The summed E-state index contributed by atoms with van der Waals surface area (Å²) in [5, 5.41) is 9.69. The number of pyridine rings is 1. The third kappa shape index (κ3) is 3.49. The Labute approximate surface area is 170 Å². The summed E-state index contributed by atoms with van der Waals surface area (Å²) in [7, 11) is 0. The third-order valence-electron chi connectivity index (χ3n) is 5.85. The Balaban J connectivity index is 1.76. The Bertz CT molecular complexity index is 989. The van der Waals surface area contributed by atoms with Gasteiger partial charge in [-0.2, -0.15) is 0 Å². The minimum Gasteiger partial charge on any atom is -0.490 e. The van der Waals surface area contributed by atoms with Crippen LogP contribution in [0.25, 0.3) is 5.65 Å². The van der Waals surface area contributed by atoms with Crippen molar-refractivity contribution in [2.45, 2.75) is 38.2 Å². The number of imidazole rings is 1. The molecule has 0 spiro atoms. The Hall–Kier alpha value is -2.86. The van der Waals surface area contributed by atoms with Crippen molar-refractivity contribution in [3.63, 3.8) is 0 Å². The average Bonchev–Trinajstić information content (AvgIpc) is 3.20. The zero-order valence-corrected chi connectivity index (χ0v) is 16.9. The smallest absolute Gasteiger partial charge is 0.251 e. The molecule has 1 fully saturated rings. The molecule has 2 aromatic heterocycles. The van der Waals surface area contributed by atoms with Crippen molar-refractivity contribution in [3.8, 4) is 5.75 Å². The van der Waals surface area contributed by atoms with Crippen LogP contribution >= 0.6 is 0 Å². The lowest BCUT2D eigenvalue weighted by atomic mass is 9.70. The van der Waals surface area contributed by atoms with Gasteiger partial charge >= 0.3 is 0 Å². The highest BCUT2D eigenvalue weighted by molar-refractivity contribution is 5.80. The summed E-state index contributed by atoms with van der Waals surface area (Å²) in [5.74, 6) is 0.562. The monoisotopic (exact) mass is 393 g/mol. The van der Waals surface area contributed by atoms with Crippen LogP contribution < -0.4 is 4.74 Å². The summed E-state index contributed by atoms with van der Waals surface area (Å²) in [6.45, 7) is 5.25. The Morgan fingerprint density at radius 1 is 1.21 bits per heavy atom. The number of ether oxygens (including phenoxy) is 1. The highest BCUT2D eigenvalue weighted by Crippen LogP contribution is 2.42. The first-order valence-electron chi connectivity index (χ1n) is 10.2. The van der Waals surface area contributed by atoms with Gasteiger partial charge < -0.3 is 19.1 Å². The van der Waals surface area contributed by atoms with Crippen LogP contribution in [0, 0.1) is 0 Å². The molecule has 4 rings (SSSR count). The number of hydrogen-bond acceptors (Lipinski definition) is 4. The first kappa shape index (κ1) is 19.5. The number of carbonyl (C=O) groups is 1. The lowest BCUT2D eigenvalue weighted by molar-refractivity contribution is -0.140. The molecule has 1 aliphatic heterocycles. The van der Waals surface area contributed by atoms with Gasteiger partial charge in [-0.1, -0.05) is 30.3 Å². The second kappa shape index (κ2) is 7.87. The lowest BCUT2D eigenvalue weighted by Crippen LogP contribution is -2.48. The van der Waals surface area contributed by atoms with E-state index in [4.69, 9.17) is 9.72 Å². The molecule has 6 heteroatoms. The largest absolute Gasteiger partial charge is 0.490 e. The number of carbonyl (C=O) groups excluding carboxylic acids is 1. The van der Waals surface area contributed by atoms with Crippen LogP contribution in [0.4, 0.5) is 0 Å². The van der Waals surface area contributed by atoms with E-state index in [-0.39, 0.29) is 11.3 Å². The van der Waals surface area contributed by atoms with Gasteiger partial charge in [0.2, 0.25) is 0 Å². The van der Waals surface area contributed by atoms with E-state index in [2.05, 4.69) is 18.3 Å². The predicted octanol–water partition coefficient (Wildman–Crippen LogP) is 3.02. The fraction of sp³-hybridized carbons (Fsp3) is 0.391. The molecule has 152 valence electrons. The molecule has 0 bridgehead atoms. The number of fused-ring (bicyclic) bond motifs is 1. The van der Waals surface area contributed by atoms with Crippen molar-refractivity contribution in [2.24, 2.45) is 0 Å². The van der Waals surface area contributed by atoms with Crippen LogP contribution in [0.2, 0.25) is 0 Å². The third-order valence-corrected chi connectivity index (χ3v) is 5.85. The number of hydrogen-bond donors (Lipinski definition) is 1. The summed E-state index contributed by atoms with van der Waals surface area (Å²) in [5.41, 5.74) is 2.71. The van der Waals surface area contributed by atoms with Gasteiger partial charge in [0.25, 0.3) is 5.91 Å². The number of likely N-dealkylation sites (tertiary alicyclic amines) is 1. The standard InChI is InChI=1S/C23H27N3O3/c1-3-29-19-10-7-13-26-16-20(24-21(19)26)23(18-8-5-4-6-9-18)11-14-25(15-12-23)22(28)17(2)27/h4-10,13,16-17,27H,3,11-12,14-15H2,1-2H3. The van der Waals surface area contributed by atoms with Gasteiger partial charge in [0.15, 0.2) is 11.4 Å². The summed E-state index contributed by atoms with van der Waals surface area (Å²) < 4.78 is 7.78. The van der Waals surface area contributed by atoms with Gasteiger partial charge in [0.1, 0.15) is 6.10 Å². The molecule has 0 aliphatic carbocycles. The maximum atomic E-state index is 12.3. The number of amides is 1.